The van der Waals surface area contributed by atoms with Crippen molar-refractivity contribution in [1.82, 2.24) is 10.1 Å². The molecule has 0 aliphatic carbocycles. The van der Waals surface area contributed by atoms with Crippen LogP contribution in [0, 0.1) is 25.5 Å². The van der Waals surface area contributed by atoms with Crippen LogP contribution in [-0.4, -0.2) is 29.1 Å². The molecule has 6 heteroatoms. The second kappa shape index (κ2) is 6.71. The van der Waals surface area contributed by atoms with Gasteiger partial charge in [-0.2, -0.15) is 0 Å². The second-order valence-electron chi connectivity index (χ2n) is 6.32. The number of nitrogens with zero attached hydrogens (tertiary/aromatic N) is 2. The lowest BCUT2D eigenvalue weighted by Crippen LogP contribution is -2.40. The number of likely N-dealkylation sites (tertiary alicyclic amines) is 1. The third-order valence-corrected chi connectivity index (χ3v) is 4.68. The van der Waals surface area contributed by atoms with E-state index in [1.165, 1.54) is 6.07 Å². The summed E-state index contributed by atoms with van der Waals surface area (Å²) in [5.41, 5.74) is 1.87. The highest BCUT2D eigenvalue weighted by Crippen LogP contribution is 2.29. The number of rotatable bonds is 3. The third-order valence-electron chi connectivity index (χ3n) is 4.68. The molecule has 0 radical (unpaired) electrons. The van der Waals surface area contributed by atoms with E-state index in [1.54, 1.807) is 18.7 Å². The molecule has 0 saturated carbocycles. The zero-order valence-corrected chi connectivity index (χ0v) is 13.8. The number of amides is 1. The highest BCUT2D eigenvalue weighted by molar-refractivity contribution is 5.79. The SMILES string of the molecule is Cc1noc(C)c1CC(=O)N1CCCC(c2cc(F)ccc2F)C1. The second-order valence-corrected chi connectivity index (χ2v) is 6.32. The number of hydrogen-bond acceptors (Lipinski definition) is 3. The Labute approximate surface area is 139 Å². The lowest BCUT2D eigenvalue weighted by atomic mass is 9.90. The maximum atomic E-state index is 14.0. The van der Waals surface area contributed by atoms with Gasteiger partial charge in [0.25, 0.3) is 0 Å². The Balaban J connectivity index is 1.73. The molecule has 0 bridgehead atoms. The normalized spacial score (nSPS) is 18.0. The zero-order valence-electron chi connectivity index (χ0n) is 13.8. The number of hydrogen-bond donors (Lipinski definition) is 0. The molecule has 1 amide bonds. The molecule has 1 unspecified atom stereocenters. The summed E-state index contributed by atoms with van der Waals surface area (Å²) in [7, 11) is 0. The van der Waals surface area contributed by atoms with Crippen LogP contribution in [-0.2, 0) is 11.2 Å². The fourth-order valence-electron chi connectivity index (χ4n) is 3.30. The summed E-state index contributed by atoms with van der Waals surface area (Å²) in [5.74, 6) is -0.438. The van der Waals surface area contributed by atoms with Gasteiger partial charge in [0.15, 0.2) is 0 Å². The first-order chi connectivity index (χ1) is 11.5. The number of carbonyl (C=O) groups is 1. The van der Waals surface area contributed by atoms with Crippen LogP contribution in [0.25, 0.3) is 0 Å². The molecule has 2 heterocycles. The van der Waals surface area contributed by atoms with Crippen LogP contribution in [0.2, 0.25) is 0 Å². The Kier molecular flexibility index (Phi) is 4.64. The maximum absolute atomic E-state index is 14.0. The third kappa shape index (κ3) is 3.32. The van der Waals surface area contributed by atoms with E-state index in [1.807, 2.05) is 0 Å². The number of aromatic nitrogens is 1. The molecule has 0 spiro atoms. The molecule has 128 valence electrons. The minimum Gasteiger partial charge on any atom is -0.361 e. The van der Waals surface area contributed by atoms with Gasteiger partial charge >= 0.3 is 0 Å². The summed E-state index contributed by atoms with van der Waals surface area (Å²) in [6, 6.07) is 3.50. The molecule has 1 fully saturated rings. The molecule has 1 saturated heterocycles. The van der Waals surface area contributed by atoms with Crippen LogP contribution >= 0.6 is 0 Å². The molecule has 4 nitrogen and oxygen atoms in total. The molecule has 1 atom stereocenters. The van der Waals surface area contributed by atoms with Crippen LogP contribution in [0.1, 0.15) is 41.3 Å². The summed E-state index contributed by atoms with van der Waals surface area (Å²) in [6.45, 7) is 4.63. The van der Waals surface area contributed by atoms with Crippen molar-refractivity contribution in [2.75, 3.05) is 13.1 Å². The minimum absolute atomic E-state index is 0.0362. The van der Waals surface area contributed by atoms with E-state index in [9.17, 15) is 13.6 Å². The smallest absolute Gasteiger partial charge is 0.227 e. The van der Waals surface area contributed by atoms with E-state index < -0.39 is 11.6 Å². The molecular weight excluding hydrogens is 314 g/mol. The van der Waals surface area contributed by atoms with Gasteiger partial charge in [-0.1, -0.05) is 5.16 Å². The Morgan fingerprint density at radius 2 is 2.17 bits per heavy atom. The van der Waals surface area contributed by atoms with E-state index in [0.29, 0.717) is 30.1 Å². The summed E-state index contributed by atoms with van der Waals surface area (Å²) < 4.78 is 32.5. The van der Waals surface area contributed by atoms with Crippen LogP contribution < -0.4 is 0 Å². The van der Waals surface area contributed by atoms with Gasteiger partial charge in [0.05, 0.1) is 12.1 Å². The predicted octanol–water partition coefficient (Wildman–Crippen LogP) is 3.52. The number of benzene rings is 1. The van der Waals surface area contributed by atoms with Gasteiger partial charge in [-0.25, -0.2) is 8.78 Å². The zero-order chi connectivity index (χ0) is 17.3. The molecule has 0 N–H and O–H groups in total. The largest absolute Gasteiger partial charge is 0.361 e. The van der Waals surface area contributed by atoms with E-state index in [-0.39, 0.29) is 18.2 Å². The predicted molar refractivity (Wildman–Crippen MR) is 84.6 cm³/mol. The number of halogens is 2. The van der Waals surface area contributed by atoms with Crippen molar-refractivity contribution >= 4 is 5.91 Å². The average Bonchev–Trinajstić information content (AvgIpc) is 2.89. The van der Waals surface area contributed by atoms with Crippen LogP contribution in [0.3, 0.4) is 0 Å². The van der Waals surface area contributed by atoms with Crippen LogP contribution in [0.4, 0.5) is 8.78 Å². The van der Waals surface area contributed by atoms with Gasteiger partial charge in [-0.3, -0.25) is 4.79 Å². The van der Waals surface area contributed by atoms with Crippen LogP contribution in [0.15, 0.2) is 22.7 Å². The Hall–Kier alpha value is -2.24. The lowest BCUT2D eigenvalue weighted by Gasteiger charge is -2.33. The Morgan fingerprint density at radius 1 is 1.38 bits per heavy atom. The Bertz CT molecular complexity index is 738. The van der Waals surface area contributed by atoms with Gasteiger partial charge in [0, 0.05) is 24.6 Å². The van der Waals surface area contributed by atoms with Gasteiger partial charge in [0.1, 0.15) is 17.4 Å². The highest BCUT2D eigenvalue weighted by atomic mass is 19.1. The number of carbonyl (C=O) groups excluding carboxylic acids is 1. The van der Waals surface area contributed by atoms with Gasteiger partial charge < -0.3 is 9.42 Å². The van der Waals surface area contributed by atoms with Crippen molar-refractivity contribution in [2.45, 2.75) is 39.0 Å². The monoisotopic (exact) mass is 334 g/mol. The molecule has 1 aromatic carbocycles. The first-order valence-corrected chi connectivity index (χ1v) is 8.10. The van der Waals surface area contributed by atoms with Crippen molar-refractivity contribution in [3.05, 3.63) is 52.4 Å². The number of piperidine rings is 1. The first-order valence-electron chi connectivity index (χ1n) is 8.10. The quantitative estimate of drug-likeness (QED) is 0.863. The van der Waals surface area contributed by atoms with Gasteiger partial charge in [-0.15, -0.1) is 0 Å². The molecule has 1 aliphatic heterocycles. The topological polar surface area (TPSA) is 46.3 Å². The van der Waals surface area contributed by atoms with Gasteiger partial charge in [-0.05, 0) is 50.5 Å². The molecule has 2 aromatic rings. The molecule has 24 heavy (non-hydrogen) atoms. The lowest BCUT2D eigenvalue weighted by molar-refractivity contribution is -0.131. The van der Waals surface area contributed by atoms with Crippen LogP contribution in [0.5, 0.6) is 0 Å². The Morgan fingerprint density at radius 3 is 2.88 bits per heavy atom. The van der Waals surface area contributed by atoms with E-state index in [0.717, 1.165) is 30.5 Å². The highest BCUT2D eigenvalue weighted by Gasteiger charge is 2.27. The average molecular weight is 334 g/mol. The molecule has 3 rings (SSSR count). The van der Waals surface area contributed by atoms with Crippen molar-refractivity contribution < 1.29 is 18.1 Å². The standard InChI is InChI=1S/C18H20F2N2O2/c1-11-15(12(2)24-21-11)9-18(23)22-7-3-4-13(10-22)16-8-14(19)5-6-17(16)20/h5-6,8,13H,3-4,7,9-10H2,1-2H3. The fraction of sp³-hybridized carbons (Fsp3) is 0.444. The number of aryl methyl sites for hydroxylation is 2. The summed E-state index contributed by atoms with van der Waals surface area (Å²) in [5, 5.41) is 3.86. The summed E-state index contributed by atoms with van der Waals surface area (Å²) in [4.78, 5) is 14.3. The first kappa shape index (κ1) is 16.6. The van der Waals surface area contributed by atoms with E-state index in [2.05, 4.69) is 5.16 Å². The summed E-state index contributed by atoms with van der Waals surface area (Å²) in [6.07, 6.45) is 1.74. The molecule has 1 aromatic heterocycles. The molecular formula is C18H20F2N2O2. The van der Waals surface area contributed by atoms with E-state index in [4.69, 9.17) is 4.52 Å². The van der Waals surface area contributed by atoms with Gasteiger partial charge in [0.2, 0.25) is 5.91 Å². The fourth-order valence-corrected chi connectivity index (χ4v) is 3.30. The van der Waals surface area contributed by atoms with Crippen molar-refractivity contribution in [3.63, 3.8) is 0 Å². The van der Waals surface area contributed by atoms with E-state index >= 15 is 0 Å². The molecule has 1 aliphatic rings. The minimum atomic E-state index is -0.453. The van der Waals surface area contributed by atoms with Crippen molar-refractivity contribution in [3.8, 4) is 0 Å². The maximum Gasteiger partial charge on any atom is 0.227 e. The van der Waals surface area contributed by atoms with Crippen molar-refractivity contribution in [2.24, 2.45) is 0 Å². The van der Waals surface area contributed by atoms with Crippen molar-refractivity contribution in [1.29, 1.82) is 0 Å². The summed E-state index contributed by atoms with van der Waals surface area (Å²) >= 11 is 0.